The van der Waals surface area contributed by atoms with E-state index in [0.29, 0.717) is 0 Å². The first-order valence-corrected chi connectivity index (χ1v) is 7.44. The third-order valence-electron chi connectivity index (χ3n) is 4.67. The molecule has 0 spiro atoms. The highest BCUT2D eigenvalue weighted by Gasteiger charge is 2.31. The maximum absolute atomic E-state index is 5.95. The molecule has 0 bridgehead atoms. The van der Waals surface area contributed by atoms with Gasteiger partial charge in [0.2, 0.25) is 0 Å². The van der Waals surface area contributed by atoms with E-state index in [9.17, 15) is 0 Å². The number of pyridine rings is 1. The van der Waals surface area contributed by atoms with Crippen molar-refractivity contribution in [3.63, 3.8) is 0 Å². The lowest BCUT2D eigenvalue weighted by atomic mass is 10.1. The zero-order valence-electron chi connectivity index (χ0n) is 11.6. The van der Waals surface area contributed by atoms with Crippen molar-refractivity contribution in [3.05, 3.63) is 30.5 Å². The Morgan fingerprint density at radius 2 is 2.10 bits per heavy atom. The van der Waals surface area contributed by atoms with Gasteiger partial charge in [0.05, 0.1) is 5.52 Å². The Morgan fingerprint density at radius 3 is 3.05 bits per heavy atom. The van der Waals surface area contributed by atoms with Crippen molar-refractivity contribution < 1.29 is 0 Å². The van der Waals surface area contributed by atoms with Gasteiger partial charge in [-0.25, -0.2) is 0 Å². The topological polar surface area (TPSA) is 45.4 Å². The molecule has 4 rings (SSSR count). The standard InChI is InChI=1S/C16H20N4/c17-12-3-4-15-14(10-12)16(5-6-18-15)20-9-8-19-7-1-2-13(19)11-20/h3-6,10,13H,1-2,7-9,11,17H2. The first-order valence-electron chi connectivity index (χ1n) is 7.44. The van der Waals surface area contributed by atoms with E-state index < -0.39 is 0 Å². The van der Waals surface area contributed by atoms with Crippen molar-refractivity contribution >= 4 is 22.3 Å². The Hall–Kier alpha value is -1.81. The number of nitrogen functional groups attached to an aromatic ring is 1. The van der Waals surface area contributed by atoms with Crippen LogP contribution >= 0.6 is 0 Å². The van der Waals surface area contributed by atoms with Crippen LogP contribution in [0.5, 0.6) is 0 Å². The number of fused-ring (bicyclic) bond motifs is 2. The smallest absolute Gasteiger partial charge is 0.0724 e. The fraction of sp³-hybridized carbons (Fsp3) is 0.438. The number of nitrogens with two attached hydrogens (primary N) is 1. The van der Waals surface area contributed by atoms with Crippen molar-refractivity contribution in [2.45, 2.75) is 18.9 Å². The van der Waals surface area contributed by atoms with Crippen molar-refractivity contribution in [1.29, 1.82) is 0 Å². The fourth-order valence-electron chi connectivity index (χ4n) is 3.64. The van der Waals surface area contributed by atoms with E-state index in [1.165, 1.54) is 37.0 Å². The molecule has 104 valence electrons. The molecule has 2 fully saturated rings. The fourth-order valence-corrected chi connectivity index (χ4v) is 3.64. The van der Waals surface area contributed by atoms with Crippen LogP contribution in [0.1, 0.15) is 12.8 Å². The van der Waals surface area contributed by atoms with Crippen LogP contribution in [0.2, 0.25) is 0 Å². The van der Waals surface area contributed by atoms with E-state index in [4.69, 9.17) is 5.73 Å². The summed E-state index contributed by atoms with van der Waals surface area (Å²) in [6.07, 6.45) is 4.60. The number of nitrogens with zero attached hydrogens (tertiary/aromatic N) is 3. The number of benzene rings is 1. The second-order valence-corrected chi connectivity index (χ2v) is 5.88. The second kappa shape index (κ2) is 4.63. The highest BCUT2D eigenvalue weighted by molar-refractivity contribution is 5.93. The summed E-state index contributed by atoms with van der Waals surface area (Å²) in [4.78, 5) is 9.59. The zero-order valence-corrected chi connectivity index (χ0v) is 11.6. The van der Waals surface area contributed by atoms with Gasteiger partial charge in [-0.05, 0) is 43.7 Å². The van der Waals surface area contributed by atoms with E-state index in [1.807, 2.05) is 18.3 Å². The number of rotatable bonds is 1. The lowest BCUT2D eigenvalue weighted by molar-refractivity contribution is 0.231. The Morgan fingerprint density at radius 1 is 1.15 bits per heavy atom. The molecule has 2 N–H and O–H groups in total. The molecule has 2 saturated heterocycles. The molecule has 3 heterocycles. The average molecular weight is 268 g/mol. The molecule has 2 aromatic rings. The van der Waals surface area contributed by atoms with Crippen molar-refractivity contribution in [2.24, 2.45) is 0 Å². The Kier molecular flexibility index (Phi) is 2.77. The number of piperazine rings is 1. The molecule has 0 radical (unpaired) electrons. The van der Waals surface area contributed by atoms with Crippen LogP contribution in [0.3, 0.4) is 0 Å². The van der Waals surface area contributed by atoms with E-state index in [-0.39, 0.29) is 0 Å². The van der Waals surface area contributed by atoms with Gasteiger partial charge in [0.15, 0.2) is 0 Å². The molecule has 20 heavy (non-hydrogen) atoms. The van der Waals surface area contributed by atoms with Crippen LogP contribution in [0.25, 0.3) is 10.9 Å². The number of anilines is 2. The summed E-state index contributed by atoms with van der Waals surface area (Å²) in [6, 6.07) is 8.85. The van der Waals surface area contributed by atoms with Gasteiger partial charge < -0.3 is 10.6 Å². The lowest BCUT2D eigenvalue weighted by Crippen LogP contribution is -2.50. The van der Waals surface area contributed by atoms with Gasteiger partial charge in [0.1, 0.15) is 0 Å². The number of hydrogen-bond acceptors (Lipinski definition) is 4. The van der Waals surface area contributed by atoms with E-state index >= 15 is 0 Å². The summed E-state index contributed by atoms with van der Waals surface area (Å²) in [5.41, 5.74) is 9.08. The molecule has 2 aliphatic rings. The van der Waals surface area contributed by atoms with Gasteiger partial charge in [-0.1, -0.05) is 0 Å². The molecule has 1 aromatic carbocycles. The van der Waals surface area contributed by atoms with Crippen LogP contribution in [-0.2, 0) is 0 Å². The normalized spacial score (nSPS) is 23.2. The van der Waals surface area contributed by atoms with Crippen LogP contribution in [0.4, 0.5) is 11.4 Å². The third-order valence-corrected chi connectivity index (χ3v) is 4.67. The van der Waals surface area contributed by atoms with Crippen molar-refractivity contribution in [3.8, 4) is 0 Å². The van der Waals surface area contributed by atoms with E-state index in [2.05, 4.69) is 26.9 Å². The van der Waals surface area contributed by atoms with Gasteiger partial charge in [-0.2, -0.15) is 0 Å². The monoisotopic (exact) mass is 268 g/mol. The zero-order chi connectivity index (χ0) is 13.5. The minimum Gasteiger partial charge on any atom is -0.399 e. The van der Waals surface area contributed by atoms with Crippen molar-refractivity contribution in [2.75, 3.05) is 36.8 Å². The largest absolute Gasteiger partial charge is 0.399 e. The molecule has 4 nitrogen and oxygen atoms in total. The number of hydrogen-bond donors (Lipinski definition) is 1. The van der Waals surface area contributed by atoms with Crippen LogP contribution in [-0.4, -0.2) is 42.1 Å². The minimum absolute atomic E-state index is 0.730. The molecular formula is C16H20N4. The first kappa shape index (κ1) is 12.0. The highest BCUT2D eigenvalue weighted by Crippen LogP contribution is 2.30. The highest BCUT2D eigenvalue weighted by atomic mass is 15.3. The van der Waals surface area contributed by atoms with Gasteiger partial charge in [-0.3, -0.25) is 9.88 Å². The maximum Gasteiger partial charge on any atom is 0.0724 e. The van der Waals surface area contributed by atoms with Crippen molar-refractivity contribution in [1.82, 2.24) is 9.88 Å². The van der Waals surface area contributed by atoms with Gasteiger partial charge in [0.25, 0.3) is 0 Å². The Labute approximate surface area is 119 Å². The van der Waals surface area contributed by atoms with Gasteiger partial charge >= 0.3 is 0 Å². The lowest BCUT2D eigenvalue weighted by Gasteiger charge is -2.39. The molecule has 2 aliphatic heterocycles. The molecule has 0 amide bonds. The summed E-state index contributed by atoms with van der Waals surface area (Å²) in [5, 5.41) is 1.18. The quantitative estimate of drug-likeness (QED) is 0.805. The summed E-state index contributed by atoms with van der Waals surface area (Å²) in [6.45, 7) is 4.69. The summed E-state index contributed by atoms with van der Waals surface area (Å²) < 4.78 is 0. The maximum atomic E-state index is 5.95. The molecular weight excluding hydrogens is 248 g/mol. The molecule has 1 atom stereocenters. The second-order valence-electron chi connectivity index (χ2n) is 5.88. The minimum atomic E-state index is 0.730. The molecule has 1 unspecified atom stereocenters. The Balaban J connectivity index is 1.73. The van der Waals surface area contributed by atoms with E-state index in [0.717, 1.165) is 30.3 Å². The summed E-state index contributed by atoms with van der Waals surface area (Å²) in [7, 11) is 0. The van der Waals surface area contributed by atoms with Gasteiger partial charge in [-0.15, -0.1) is 0 Å². The predicted molar refractivity (Wildman–Crippen MR) is 83.0 cm³/mol. The summed E-state index contributed by atoms with van der Waals surface area (Å²) >= 11 is 0. The SMILES string of the molecule is Nc1ccc2nccc(N3CCN4CCCC4C3)c2c1. The average Bonchev–Trinajstić information content (AvgIpc) is 2.94. The molecule has 4 heteroatoms. The molecule has 0 aliphatic carbocycles. The summed E-state index contributed by atoms with van der Waals surface area (Å²) in [5.74, 6) is 0. The Bertz CT molecular complexity index is 639. The van der Waals surface area contributed by atoms with E-state index in [1.54, 1.807) is 0 Å². The predicted octanol–water partition coefficient (Wildman–Crippen LogP) is 2.10. The van der Waals surface area contributed by atoms with Crippen LogP contribution < -0.4 is 10.6 Å². The van der Waals surface area contributed by atoms with Gasteiger partial charge in [0, 0.05) is 48.6 Å². The van der Waals surface area contributed by atoms with Crippen LogP contribution in [0.15, 0.2) is 30.5 Å². The molecule has 1 aromatic heterocycles. The first-order chi connectivity index (χ1) is 9.81. The molecule has 0 saturated carbocycles. The number of aromatic nitrogens is 1. The third kappa shape index (κ3) is 1.91. The van der Waals surface area contributed by atoms with Crippen LogP contribution in [0, 0.1) is 0 Å².